The van der Waals surface area contributed by atoms with E-state index in [0.717, 1.165) is 13.0 Å². The molecule has 1 aliphatic rings. The Bertz CT molecular complexity index is 163. The van der Waals surface area contributed by atoms with Gasteiger partial charge in [-0.2, -0.15) is 0 Å². The molecule has 0 radical (unpaired) electrons. The molecule has 1 heterocycles. The predicted molar refractivity (Wildman–Crippen MR) is 59.4 cm³/mol. The van der Waals surface area contributed by atoms with Gasteiger partial charge in [0.2, 0.25) is 0 Å². The first-order valence-electron chi connectivity index (χ1n) is 5.74. The molecular weight excluding hydrogens is 176 g/mol. The molecule has 14 heavy (non-hydrogen) atoms. The molecule has 0 aromatic rings. The van der Waals surface area contributed by atoms with Gasteiger partial charge in [-0.05, 0) is 33.4 Å². The average molecular weight is 200 g/mol. The van der Waals surface area contributed by atoms with Crippen LogP contribution < -0.4 is 0 Å². The highest BCUT2D eigenvalue weighted by molar-refractivity contribution is 4.84. The van der Waals surface area contributed by atoms with Crippen LogP contribution in [0.15, 0.2) is 0 Å². The summed E-state index contributed by atoms with van der Waals surface area (Å²) in [7, 11) is 2.17. The lowest BCUT2D eigenvalue weighted by atomic mass is 10.1. The fraction of sp³-hybridized carbons (Fsp3) is 1.00. The van der Waals surface area contributed by atoms with Crippen molar-refractivity contribution in [3.8, 4) is 0 Å². The molecule has 84 valence electrons. The number of likely N-dealkylation sites (N-methyl/N-ethyl adjacent to an activating group) is 1. The number of piperazine rings is 1. The molecule has 0 bridgehead atoms. The third kappa shape index (κ3) is 2.94. The van der Waals surface area contributed by atoms with Crippen LogP contribution in [0.3, 0.4) is 0 Å². The first-order chi connectivity index (χ1) is 6.69. The van der Waals surface area contributed by atoms with Gasteiger partial charge in [0, 0.05) is 31.8 Å². The number of aliphatic hydroxyl groups excluding tert-OH is 1. The minimum atomic E-state index is 0.307. The number of rotatable bonds is 4. The van der Waals surface area contributed by atoms with Gasteiger partial charge < -0.3 is 10.0 Å². The van der Waals surface area contributed by atoms with Gasteiger partial charge in [0.1, 0.15) is 0 Å². The second-order valence-electron chi connectivity index (χ2n) is 4.44. The lowest BCUT2D eigenvalue weighted by Crippen LogP contribution is -2.56. The maximum Gasteiger partial charge on any atom is 0.0446 e. The minimum Gasteiger partial charge on any atom is -0.396 e. The topological polar surface area (TPSA) is 26.7 Å². The molecule has 1 aliphatic heterocycles. The standard InChI is InChI=1S/C11H24N2O/c1-4-6-13-8-10(2)12(3)11(9-13)5-7-14/h10-11,14H,4-9H2,1-3H3. The number of aliphatic hydroxyl groups is 1. The Hall–Kier alpha value is -0.120. The fourth-order valence-electron chi connectivity index (χ4n) is 2.31. The second-order valence-corrected chi connectivity index (χ2v) is 4.44. The summed E-state index contributed by atoms with van der Waals surface area (Å²) in [4.78, 5) is 4.92. The highest BCUT2D eigenvalue weighted by Gasteiger charge is 2.28. The summed E-state index contributed by atoms with van der Waals surface area (Å²) in [5, 5.41) is 8.99. The highest BCUT2D eigenvalue weighted by Crippen LogP contribution is 2.15. The summed E-state index contributed by atoms with van der Waals surface area (Å²) in [6.45, 7) is 8.29. The van der Waals surface area contributed by atoms with Crippen molar-refractivity contribution in [1.29, 1.82) is 0 Å². The zero-order valence-corrected chi connectivity index (χ0v) is 9.74. The molecule has 1 saturated heterocycles. The zero-order valence-electron chi connectivity index (χ0n) is 9.74. The summed E-state index contributed by atoms with van der Waals surface area (Å²) in [5.41, 5.74) is 0. The van der Waals surface area contributed by atoms with Crippen LogP contribution in [0.5, 0.6) is 0 Å². The summed E-state index contributed by atoms with van der Waals surface area (Å²) in [5.74, 6) is 0. The SMILES string of the molecule is CCCN1CC(C)N(C)C(CCO)C1. The van der Waals surface area contributed by atoms with Gasteiger partial charge in [0.15, 0.2) is 0 Å². The van der Waals surface area contributed by atoms with Crippen LogP contribution in [0.25, 0.3) is 0 Å². The van der Waals surface area contributed by atoms with Gasteiger partial charge in [-0.1, -0.05) is 6.92 Å². The lowest BCUT2D eigenvalue weighted by molar-refractivity contribution is 0.0392. The van der Waals surface area contributed by atoms with E-state index in [-0.39, 0.29) is 0 Å². The van der Waals surface area contributed by atoms with Crippen LogP contribution in [0, 0.1) is 0 Å². The van der Waals surface area contributed by atoms with E-state index in [0.29, 0.717) is 18.7 Å². The summed E-state index contributed by atoms with van der Waals surface area (Å²) < 4.78 is 0. The molecule has 0 amide bonds. The maximum absolute atomic E-state index is 8.99. The van der Waals surface area contributed by atoms with E-state index < -0.39 is 0 Å². The van der Waals surface area contributed by atoms with Crippen LogP contribution in [0.1, 0.15) is 26.7 Å². The van der Waals surface area contributed by atoms with Crippen LogP contribution >= 0.6 is 0 Å². The third-order valence-electron chi connectivity index (χ3n) is 3.26. The smallest absolute Gasteiger partial charge is 0.0446 e. The monoisotopic (exact) mass is 200 g/mol. The molecule has 0 aromatic carbocycles. The van der Waals surface area contributed by atoms with Crippen molar-refractivity contribution in [2.45, 2.75) is 38.8 Å². The van der Waals surface area contributed by atoms with Crippen molar-refractivity contribution >= 4 is 0 Å². The Morgan fingerprint density at radius 3 is 2.64 bits per heavy atom. The van der Waals surface area contributed by atoms with Gasteiger partial charge >= 0.3 is 0 Å². The Labute approximate surface area is 87.7 Å². The largest absolute Gasteiger partial charge is 0.396 e. The summed E-state index contributed by atoms with van der Waals surface area (Å²) in [6.07, 6.45) is 2.13. The number of nitrogens with zero attached hydrogens (tertiary/aromatic N) is 2. The molecule has 1 fully saturated rings. The lowest BCUT2D eigenvalue weighted by Gasteiger charge is -2.43. The molecule has 0 aliphatic carbocycles. The molecule has 0 aromatic heterocycles. The van der Waals surface area contributed by atoms with E-state index in [1.807, 2.05) is 0 Å². The second kappa shape index (κ2) is 5.69. The van der Waals surface area contributed by atoms with Crippen LogP contribution in [-0.2, 0) is 0 Å². The van der Waals surface area contributed by atoms with E-state index >= 15 is 0 Å². The first kappa shape index (κ1) is 12.0. The van der Waals surface area contributed by atoms with E-state index in [1.54, 1.807) is 0 Å². The van der Waals surface area contributed by atoms with E-state index in [2.05, 4.69) is 30.7 Å². The highest BCUT2D eigenvalue weighted by atomic mass is 16.3. The molecule has 3 nitrogen and oxygen atoms in total. The Morgan fingerprint density at radius 2 is 2.07 bits per heavy atom. The van der Waals surface area contributed by atoms with Crippen LogP contribution in [0.4, 0.5) is 0 Å². The first-order valence-corrected chi connectivity index (χ1v) is 5.74. The molecule has 3 heteroatoms. The summed E-state index contributed by atoms with van der Waals surface area (Å²) in [6, 6.07) is 1.15. The Kier molecular flexibility index (Phi) is 4.85. The van der Waals surface area contributed by atoms with Crippen molar-refractivity contribution in [2.75, 3.05) is 33.3 Å². The van der Waals surface area contributed by atoms with Crippen molar-refractivity contribution in [3.05, 3.63) is 0 Å². The quantitative estimate of drug-likeness (QED) is 0.726. The summed E-state index contributed by atoms with van der Waals surface area (Å²) >= 11 is 0. The van der Waals surface area contributed by atoms with Gasteiger partial charge in [-0.3, -0.25) is 4.90 Å². The Balaban J connectivity index is 2.47. The zero-order chi connectivity index (χ0) is 10.6. The van der Waals surface area contributed by atoms with Gasteiger partial charge in [-0.15, -0.1) is 0 Å². The molecule has 2 atom stereocenters. The fourth-order valence-corrected chi connectivity index (χ4v) is 2.31. The number of hydrogen-bond acceptors (Lipinski definition) is 3. The average Bonchev–Trinajstić information content (AvgIpc) is 2.14. The van der Waals surface area contributed by atoms with Crippen molar-refractivity contribution in [2.24, 2.45) is 0 Å². The maximum atomic E-state index is 8.99. The van der Waals surface area contributed by atoms with Crippen molar-refractivity contribution < 1.29 is 5.11 Å². The molecule has 1 N–H and O–H groups in total. The van der Waals surface area contributed by atoms with Crippen LogP contribution in [-0.4, -0.2) is 60.3 Å². The van der Waals surface area contributed by atoms with E-state index in [4.69, 9.17) is 5.11 Å². The molecule has 2 unspecified atom stereocenters. The van der Waals surface area contributed by atoms with E-state index in [1.165, 1.54) is 19.5 Å². The third-order valence-corrected chi connectivity index (χ3v) is 3.26. The van der Waals surface area contributed by atoms with Gasteiger partial charge in [-0.25, -0.2) is 0 Å². The van der Waals surface area contributed by atoms with Gasteiger partial charge in [0.05, 0.1) is 0 Å². The van der Waals surface area contributed by atoms with Gasteiger partial charge in [0.25, 0.3) is 0 Å². The normalized spacial score (nSPS) is 30.9. The Morgan fingerprint density at radius 1 is 1.36 bits per heavy atom. The molecular formula is C11H24N2O. The predicted octanol–water partition coefficient (Wildman–Crippen LogP) is 0.783. The van der Waals surface area contributed by atoms with Crippen molar-refractivity contribution in [1.82, 2.24) is 9.80 Å². The molecule has 0 spiro atoms. The minimum absolute atomic E-state index is 0.307. The van der Waals surface area contributed by atoms with Crippen molar-refractivity contribution in [3.63, 3.8) is 0 Å². The van der Waals surface area contributed by atoms with E-state index in [9.17, 15) is 0 Å². The van der Waals surface area contributed by atoms with Crippen LogP contribution in [0.2, 0.25) is 0 Å². The molecule has 1 rings (SSSR count). The molecule has 0 saturated carbocycles. The number of hydrogen-bond donors (Lipinski definition) is 1.